The summed E-state index contributed by atoms with van der Waals surface area (Å²) in [4.78, 5) is 0. The zero-order chi connectivity index (χ0) is 13.2. The lowest BCUT2D eigenvalue weighted by atomic mass is 10.1. The van der Waals surface area contributed by atoms with E-state index in [0.717, 1.165) is 5.56 Å². The van der Waals surface area contributed by atoms with Crippen LogP contribution in [0.5, 0.6) is 5.75 Å². The smallest absolute Gasteiger partial charge is 0.171 e. The molecule has 0 aliphatic rings. The van der Waals surface area contributed by atoms with Gasteiger partial charge in [0.05, 0.1) is 10.6 Å². The number of halogens is 1. The maximum atomic E-state index is 9.78. The first kappa shape index (κ1) is 11.8. The molecule has 2 aromatic carbocycles. The molecule has 0 spiro atoms. The van der Waals surface area contributed by atoms with Gasteiger partial charge in [0.1, 0.15) is 11.4 Å². The van der Waals surface area contributed by atoms with Gasteiger partial charge in [-0.2, -0.15) is 0 Å². The summed E-state index contributed by atoms with van der Waals surface area (Å²) in [6, 6.07) is 16.1. The fraction of sp³-hybridized carbons (Fsp3) is 0. The highest BCUT2D eigenvalue weighted by atomic mass is 35.5. The maximum Gasteiger partial charge on any atom is 0.171 e. The van der Waals surface area contributed by atoms with Crippen LogP contribution >= 0.6 is 11.6 Å². The summed E-state index contributed by atoms with van der Waals surface area (Å²) in [5.74, 6) is 0.664. The first-order chi connectivity index (χ1) is 9.25. The van der Waals surface area contributed by atoms with Crippen LogP contribution in [0.15, 0.2) is 59.1 Å². The lowest BCUT2D eigenvalue weighted by Gasteiger charge is -1.98. The predicted octanol–water partition coefficient (Wildman–Crippen LogP) is 4.37. The molecular weight excluding hydrogens is 262 g/mol. The molecule has 0 saturated heterocycles. The first-order valence-corrected chi connectivity index (χ1v) is 6.13. The van der Waals surface area contributed by atoms with Crippen LogP contribution in [0.3, 0.4) is 0 Å². The third kappa shape index (κ3) is 2.20. The number of aromatic nitrogens is 1. The molecular formula is C15H10ClNO2. The fourth-order valence-corrected chi connectivity index (χ4v) is 2.11. The minimum absolute atomic E-state index is 0.157. The van der Waals surface area contributed by atoms with E-state index in [0.29, 0.717) is 22.0 Å². The Morgan fingerprint density at radius 3 is 2.37 bits per heavy atom. The third-order valence-electron chi connectivity index (χ3n) is 2.83. The molecule has 1 N–H and O–H groups in total. The van der Waals surface area contributed by atoms with Crippen LogP contribution < -0.4 is 0 Å². The Morgan fingerprint density at radius 1 is 0.947 bits per heavy atom. The Morgan fingerprint density at radius 2 is 1.63 bits per heavy atom. The molecule has 0 aliphatic carbocycles. The Hall–Kier alpha value is -2.26. The number of nitrogens with zero attached hydrogens (tertiary/aromatic N) is 1. The minimum atomic E-state index is 0.157. The van der Waals surface area contributed by atoms with Gasteiger partial charge in [-0.3, -0.25) is 0 Å². The van der Waals surface area contributed by atoms with E-state index in [1.54, 1.807) is 30.3 Å². The van der Waals surface area contributed by atoms with E-state index in [9.17, 15) is 5.11 Å². The van der Waals surface area contributed by atoms with Gasteiger partial charge in [-0.1, -0.05) is 47.1 Å². The molecule has 3 rings (SSSR count). The molecule has 1 aromatic heterocycles. The Bertz CT molecular complexity index is 661. The van der Waals surface area contributed by atoms with Crippen molar-refractivity contribution in [2.45, 2.75) is 0 Å². The third-order valence-corrected chi connectivity index (χ3v) is 3.16. The van der Waals surface area contributed by atoms with Gasteiger partial charge in [-0.15, -0.1) is 0 Å². The number of hydrogen-bond acceptors (Lipinski definition) is 3. The van der Waals surface area contributed by atoms with Crippen molar-refractivity contribution in [3.05, 3.63) is 59.6 Å². The van der Waals surface area contributed by atoms with Crippen molar-refractivity contribution in [1.82, 2.24) is 5.16 Å². The van der Waals surface area contributed by atoms with Crippen molar-refractivity contribution in [3.8, 4) is 28.3 Å². The van der Waals surface area contributed by atoms with Crippen molar-refractivity contribution >= 4 is 11.6 Å². The van der Waals surface area contributed by atoms with Crippen LogP contribution in [0.4, 0.5) is 0 Å². The normalized spacial score (nSPS) is 10.6. The van der Waals surface area contributed by atoms with Crippen LogP contribution in [0.1, 0.15) is 0 Å². The van der Waals surface area contributed by atoms with Crippen LogP contribution in [0.25, 0.3) is 22.6 Å². The van der Waals surface area contributed by atoms with Gasteiger partial charge in [-0.25, -0.2) is 0 Å². The maximum absolute atomic E-state index is 9.78. The number of para-hydroxylation sites is 1. The molecule has 0 bridgehead atoms. The van der Waals surface area contributed by atoms with Gasteiger partial charge in [0.25, 0.3) is 0 Å². The summed E-state index contributed by atoms with van der Waals surface area (Å²) < 4.78 is 5.27. The first-order valence-electron chi connectivity index (χ1n) is 5.75. The number of hydrogen-bond donors (Lipinski definition) is 1. The SMILES string of the molecule is Oc1ccccc1-c1cc(-c2ccccc2Cl)no1. The monoisotopic (exact) mass is 271 g/mol. The summed E-state index contributed by atoms with van der Waals surface area (Å²) in [5, 5.41) is 14.4. The van der Waals surface area contributed by atoms with Gasteiger partial charge >= 0.3 is 0 Å². The molecule has 19 heavy (non-hydrogen) atoms. The Labute approximate surface area is 115 Å². The number of aromatic hydroxyl groups is 1. The molecule has 3 nitrogen and oxygen atoms in total. The standard InChI is InChI=1S/C15H10ClNO2/c16-12-7-3-1-5-10(12)13-9-15(19-17-13)11-6-2-4-8-14(11)18/h1-9,18H. The van der Waals surface area contributed by atoms with E-state index in [4.69, 9.17) is 16.1 Å². The fourth-order valence-electron chi connectivity index (χ4n) is 1.88. The summed E-state index contributed by atoms with van der Waals surface area (Å²) in [6.07, 6.45) is 0. The van der Waals surface area contributed by atoms with E-state index < -0.39 is 0 Å². The van der Waals surface area contributed by atoms with Crippen LogP contribution in [-0.2, 0) is 0 Å². The number of phenolic OH excluding ortho intramolecular Hbond substituents is 1. The summed E-state index contributed by atoms with van der Waals surface area (Å²) >= 11 is 6.11. The van der Waals surface area contributed by atoms with E-state index in [2.05, 4.69) is 5.16 Å². The zero-order valence-electron chi connectivity index (χ0n) is 9.88. The van der Waals surface area contributed by atoms with Crippen molar-refractivity contribution in [2.75, 3.05) is 0 Å². The molecule has 0 amide bonds. The highest BCUT2D eigenvalue weighted by molar-refractivity contribution is 6.33. The topological polar surface area (TPSA) is 46.3 Å². The average molecular weight is 272 g/mol. The van der Waals surface area contributed by atoms with Crippen molar-refractivity contribution < 1.29 is 9.63 Å². The highest BCUT2D eigenvalue weighted by Gasteiger charge is 2.12. The molecule has 0 atom stereocenters. The van der Waals surface area contributed by atoms with Crippen molar-refractivity contribution in [2.24, 2.45) is 0 Å². The lowest BCUT2D eigenvalue weighted by molar-refractivity contribution is 0.428. The lowest BCUT2D eigenvalue weighted by Crippen LogP contribution is -1.77. The number of phenols is 1. The molecule has 3 aromatic rings. The van der Waals surface area contributed by atoms with Crippen LogP contribution in [-0.4, -0.2) is 10.3 Å². The van der Waals surface area contributed by atoms with Crippen molar-refractivity contribution in [1.29, 1.82) is 0 Å². The van der Waals surface area contributed by atoms with Crippen LogP contribution in [0.2, 0.25) is 5.02 Å². The van der Waals surface area contributed by atoms with Crippen molar-refractivity contribution in [3.63, 3.8) is 0 Å². The highest BCUT2D eigenvalue weighted by Crippen LogP contribution is 2.33. The van der Waals surface area contributed by atoms with Gasteiger partial charge in [0.15, 0.2) is 5.76 Å². The van der Waals surface area contributed by atoms with Gasteiger partial charge in [0, 0.05) is 11.6 Å². The number of benzene rings is 2. The van der Waals surface area contributed by atoms with E-state index >= 15 is 0 Å². The molecule has 1 heterocycles. The quantitative estimate of drug-likeness (QED) is 0.753. The zero-order valence-corrected chi connectivity index (χ0v) is 10.6. The second-order valence-corrected chi connectivity index (χ2v) is 4.48. The Kier molecular flexibility index (Phi) is 2.97. The average Bonchev–Trinajstić information content (AvgIpc) is 2.89. The van der Waals surface area contributed by atoms with E-state index in [1.807, 2.05) is 24.3 Å². The molecule has 0 aliphatic heterocycles. The second-order valence-electron chi connectivity index (χ2n) is 4.07. The Balaban J connectivity index is 2.06. The minimum Gasteiger partial charge on any atom is -0.507 e. The summed E-state index contributed by atoms with van der Waals surface area (Å²) in [6.45, 7) is 0. The molecule has 0 fully saturated rings. The molecule has 0 unspecified atom stereocenters. The van der Waals surface area contributed by atoms with E-state index in [1.165, 1.54) is 0 Å². The molecule has 4 heteroatoms. The summed E-state index contributed by atoms with van der Waals surface area (Å²) in [7, 11) is 0. The van der Waals surface area contributed by atoms with Gasteiger partial charge in [0.2, 0.25) is 0 Å². The summed E-state index contributed by atoms with van der Waals surface area (Å²) in [5.41, 5.74) is 2.05. The van der Waals surface area contributed by atoms with Crippen LogP contribution in [0, 0.1) is 0 Å². The largest absolute Gasteiger partial charge is 0.507 e. The molecule has 0 radical (unpaired) electrons. The molecule has 0 saturated carbocycles. The van der Waals surface area contributed by atoms with E-state index in [-0.39, 0.29) is 5.75 Å². The predicted molar refractivity (Wildman–Crippen MR) is 74.0 cm³/mol. The van der Waals surface area contributed by atoms with Gasteiger partial charge in [-0.05, 0) is 18.2 Å². The molecule has 94 valence electrons. The number of rotatable bonds is 2. The van der Waals surface area contributed by atoms with Gasteiger partial charge < -0.3 is 9.63 Å². The second kappa shape index (κ2) is 4.78.